The number of benzene rings is 2. The average Bonchev–Trinajstić information content (AvgIpc) is 2.83. The van der Waals surface area contributed by atoms with Gasteiger partial charge in [0.05, 0.1) is 11.0 Å². The van der Waals surface area contributed by atoms with Gasteiger partial charge in [-0.2, -0.15) is 0 Å². The van der Waals surface area contributed by atoms with Crippen molar-refractivity contribution < 1.29 is 4.79 Å². The van der Waals surface area contributed by atoms with Gasteiger partial charge >= 0.3 is 6.03 Å². The number of imidazole rings is 1. The van der Waals surface area contributed by atoms with Crippen LogP contribution in [-0.2, 0) is 0 Å². The van der Waals surface area contributed by atoms with Crippen LogP contribution in [0.4, 0.5) is 16.4 Å². The number of nitrogens with zero attached hydrogens (tertiary/aromatic N) is 3. The summed E-state index contributed by atoms with van der Waals surface area (Å²) in [6, 6.07) is 15.5. The Hall–Kier alpha value is -2.82. The Labute approximate surface area is 134 Å². The fourth-order valence-electron chi connectivity index (χ4n) is 3.17. The van der Waals surface area contributed by atoms with E-state index in [1.165, 1.54) is 0 Å². The van der Waals surface area contributed by atoms with Crippen LogP contribution < -0.4 is 10.2 Å². The van der Waals surface area contributed by atoms with E-state index < -0.39 is 5.66 Å². The maximum atomic E-state index is 13.2. The molecule has 5 nitrogen and oxygen atoms in total. The van der Waals surface area contributed by atoms with Crippen LogP contribution in [0, 0.1) is 6.92 Å². The molecule has 4 rings (SSSR count). The predicted molar refractivity (Wildman–Crippen MR) is 91.9 cm³/mol. The number of anilines is 2. The molecule has 0 radical (unpaired) electrons. The van der Waals surface area contributed by atoms with Crippen molar-refractivity contribution in [3.05, 3.63) is 54.1 Å². The van der Waals surface area contributed by atoms with Crippen molar-refractivity contribution in [2.75, 3.05) is 10.2 Å². The van der Waals surface area contributed by atoms with E-state index in [0.29, 0.717) is 5.95 Å². The van der Waals surface area contributed by atoms with E-state index in [1.807, 2.05) is 69.3 Å². The number of amides is 1. The molecule has 0 aliphatic carbocycles. The molecular weight excluding hydrogens is 288 g/mol. The number of carbonyl (C=O) groups excluding carboxylic acids is 1. The zero-order chi connectivity index (χ0) is 16.2. The minimum Gasteiger partial charge on any atom is -0.332 e. The van der Waals surface area contributed by atoms with Crippen molar-refractivity contribution in [1.29, 1.82) is 0 Å². The van der Waals surface area contributed by atoms with Crippen LogP contribution in [0.15, 0.2) is 48.5 Å². The summed E-state index contributed by atoms with van der Waals surface area (Å²) in [6.07, 6.45) is 0. The lowest BCUT2D eigenvalue weighted by molar-refractivity contribution is 0.241. The molecule has 0 bridgehead atoms. The van der Waals surface area contributed by atoms with Gasteiger partial charge in [0.2, 0.25) is 5.95 Å². The van der Waals surface area contributed by atoms with Gasteiger partial charge in [0.25, 0.3) is 0 Å². The van der Waals surface area contributed by atoms with Crippen molar-refractivity contribution in [3.63, 3.8) is 0 Å². The third-order valence-corrected chi connectivity index (χ3v) is 4.18. The average molecular weight is 306 g/mol. The third kappa shape index (κ3) is 2.00. The lowest BCUT2D eigenvalue weighted by Gasteiger charge is -2.43. The maximum absolute atomic E-state index is 13.2. The van der Waals surface area contributed by atoms with Gasteiger partial charge in [0.1, 0.15) is 5.66 Å². The third-order valence-electron chi connectivity index (χ3n) is 4.18. The summed E-state index contributed by atoms with van der Waals surface area (Å²) < 4.78 is 1.64. The molecule has 0 unspecified atom stereocenters. The molecule has 0 fully saturated rings. The second-order valence-corrected chi connectivity index (χ2v) is 6.40. The van der Waals surface area contributed by atoms with Gasteiger partial charge in [-0.25, -0.2) is 14.3 Å². The topological polar surface area (TPSA) is 50.2 Å². The molecule has 23 heavy (non-hydrogen) atoms. The Morgan fingerprint density at radius 3 is 2.65 bits per heavy atom. The zero-order valence-corrected chi connectivity index (χ0v) is 13.4. The quantitative estimate of drug-likeness (QED) is 0.740. The van der Waals surface area contributed by atoms with E-state index >= 15 is 0 Å². The molecule has 2 aromatic carbocycles. The van der Waals surface area contributed by atoms with E-state index in [0.717, 1.165) is 22.3 Å². The summed E-state index contributed by atoms with van der Waals surface area (Å²) >= 11 is 0. The van der Waals surface area contributed by atoms with E-state index in [2.05, 4.69) is 10.3 Å². The van der Waals surface area contributed by atoms with Gasteiger partial charge in [-0.15, -0.1) is 0 Å². The molecule has 1 aromatic heterocycles. The van der Waals surface area contributed by atoms with Crippen LogP contribution >= 0.6 is 0 Å². The first kappa shape index (κ1) is 13.8. The molecule has 0 saturated carbocycles. The SMILES string of the molecule is Cc1cccc(N2C(=O)n3c(nc4ccccc43)NC2(C)C)c1. The van der Waals surface area contributed by atoms with Crippen LogP contribution in [0.5, 0.6) is 0 Å². The summed E-state index contributed by atoms with van der Waals surface area (Å²) in [5.41, 5.74) is 3.05. The number of aromatic nitrogens is 2. The fraction of sp³-hybridized carbons (Fsp3) is 0.222. The number of hydrogen-bond acceptors (Lipinski definition) is 3. The van der Waals surface area contributed by atoms with Crippen molar-refractivity contribution in [3.8, 4) is 0 Å². The largest absolute Gasteiger partial charge is 0.337 e. The van der Waals surface area contributed by atoms with Crippen molar-refractivity contribution in [1.82, 2.24) is 9.55 Å². The Morgan fingerprint density at radius 1 is 1.09 bits per heavy atom. The molecule has 0 spiro atoms. The van der Waals surface area contributed by atoms with Gasteiger partial charge in [-0.1, -0.05) is 24.3 Å². The van der Waals surface area contributed by atoms with Crippen LogP contribution in [0.2, 0.25) is 0 Å². The molecule has 5 heteroatoms. The molecule has 116 valence electrons. The highest BCUT2D eigenvalue weighted by Crippen LogP contribution is 2.34. The van der Waals surface area contributed by atoms with E-state index in [4.69, 9.17) is 0 Å². The number of fused-ring (bicyclic) bond motifs is 3. The lowest BCUT2D eigenvalue weighted by Crippen LogP contribution is -2.58. The van der Waals surface area contributed by atoms with Gasteiger partial charge < -0.3 is 5.32 Å². The maximum Gasteiger partial charge on any atom is 0.337 e. The molecule has 1 aliphatic heterocycles. The molecular formula is C18H18N4O. The first-order valence-electron chi connectivity index (χ1n) is 7.64. The Kier molecular flexibility index (Phi) is 2.75. The smallest absolute Gasteiger partial charge is 0.332 e. The molecule has 3 aromatic rings. The number of carbonyl (C=O) groups is 1. The number of aryl methyl sites for hydroxylation is 1. The fourth-order valence-corrected chi connectivity index (χ4v) is 3.17. The predicted octanol–water partition coefficient (Wildman–Crippen LogP) is 3.98. The minimum absolute atomic E-state index is 0.0944. The Morgan fingerprint density at radius 2 is 1.87 bits per heavy atom. The zero-order valence-electron chi connectivity index (χ0n) is 13.4. The molecule has 0 saturated heterocycles. The molecule has 1 amide bonds. The lowest BCUT2D eigenvalue weighted by atomic mass is 10.1. The van der Waals surface area contributed by atoms with Crippen molar-refractivity contribution in [2.24, 2.45) is 0 Å². The summed E-state index contributed by atoms with van der Waals surface area (Å²) in [6.45, 7) is 5.99. The number of nitrogens with one attached hydrogen (secondary N) is 1. The highest BCUT2D eigenvalue weighted by Gasteiger charge is 2.40. The number of rotatable bonds is 1. The normalized spacial score (nSPS) is 16.3. The van der Waals surface area contributed by atoms with E-state index in [9.17, 15) is 4.79 Å². The summed E-state index contributed by atoms with van der Waals surface area (Å²) in [5, 5.41) is 3.38. The summed E-state index contributed by atoms with van der Waals surface area (Å²) in [7, 11) is 0. The monoisotopic (exact) mass is 306 g/mol. The molecule has 1 N–H and O–H groups in total. The van der Waals surface area contributed by atoms with Gasteiger partial charge in [-0.05, 0) is 50.6 Å². The van der Waals surface area contributed by atoms with Gasteiger partial charge in [0.15, 0.2) is 0 Å². The number of para-hydroxylation sites is 2. The van der Waals surface area contributed by atoms with Crippen LogP contribution in [0.3, 0.4) is 0 Å². The highest BCUT2D eigenvalue weighted by molar-refractivity contribution is 6.04. The Balaban J connectivity index is 1.94. The van der Waals surface area contributed by atoms with Crippen LogP contribution in [0.1, 0.15) is 19.4 Å². The Bertz CT molecular complexity index is 926. The number of hydrogen-bond donors (Lipinski definition) is 1. The van der Waals surface area contributed by atoms with Gasteiger partial charge in [0, 0.05) is 5.69 Å². The highest BCUT2D eigenvalue weighted by atomic mass is 16.2. The second kappa shape index (κ2) is 4.59. The first-order valence-corrected chi connectivity index (χ1v) is 7.64. The second-order valence-electron chi connectivity index (χ2n) is 6.40. The van der Waals surface area contributed by atoms with Crippen molar-refractivity contribution >= 4 is 28.7 Å². The first-order chi connectivity index (χ1) is 11.0. The van der Waals surface area contributed by atoms with Crippen LogP contribution in [0.25, 0.3) is 11.0 Å². The van der Waals surface area contributed by atoms with E-state index in [1.54, 1.807) is 9.47 Å². The summed E-state index contributed by atoms with van der Waals surface area (Å²) in [5.74, 6) is 0.588. The summed E-state index contributed by atoms with van der Waals surface area (Å²) in [4.78, 5) is 19.6. The van der Waals surface area contributed by atoms with Gasteiger partial charge in [-0.3, -0.25) is 4.90 Å². The molecule has 2 heterocycles. The van der Waals surface area contributed by atoms with Crippen molar-refractivity contribution in [2.45, 2.75) is 26.4 Å². The molecule has 0 atom stereocenters. The standard InChI is InChI=1S/C18H18N4O/c1-12-7-6-8-13(11-12)22-17(23)21-15-10-5-4-9-14(15)19-16(21)20-18(22,2)3/h4-11H,1-3H3,(H,19,20). The minimum atomic E-state index is -0.567. The van der Waals surface area contributed by atoms with E-state index in [-0.39, 0.29) is 6.03 Å². The van der Waals surface area contributed by atoms with Crippen LogP contribution in [-0.4, -0.2) is 21.2 Å². The molecule has 1 aliphatic rings.